The second kappa shape index (κ2) is 7.87. The largest absolute Gasteiger partial charge is 0.378 e. The van der Waals surface area contributed by atoms with Gasteiger partial charge in [0.2, 0.25) is 0 Å². The number of hydrogen-bond acceptors (Lipinski definition) is 3. The van der Waals surface area contributed by atoms with Gasteiger partial charge in [-0.25, -0.2) is 0 Å². The predicted octanol–water partition coefficient (Wildman–Crippen LogP) is 3.86. The maximum absolute atomic E-state index is 12.7. The Morgan fingerprint density at radius 2 is 1.84 bits per heavy atom. The second-order valence-electron chi connectivity index (χ2n) is 7.22. The maximum atomic E-state index is 12.7. The SMILES string of the molecule is CCC(C)Nc1cccn(-c2ccc(C3CCN(C)CC3)cc2)c1=O. The summed E-state index contributed by atoms with van der Waals surface area (Å²) in [5.74, 6) is 0.639. The summed E-state index contributed by atoms with van der Waals surface area (Å²) in [6.07, 6.45) is 5.25. The molecule has 1 saturated heterocycles. The Kier molecular flexibility index (Phi) is 5.59. The molecule has 0 aliphatic carbocycles. The average Bonchev–Trinajstić information content (AvgIpc) is 2.64. The molecule has 0 saturated carbocycles. The van der Waals surface area contributed by atoms with Crippen LogP contribution in [0.4, 0.5) is 5.69 Å². The van der Waals surface area contributed by atoms with Crippen LogP contribution in [0.15, 0.2) is 47.4 Å². The number of nitrogens with one attached hydrogen (secondary N) is 1. The molecule has 1 fully saturated rings. The molecule has 0 radical (unpaired) electrons. The van der Waals surface area contributed by atoms with Crippen LogP contribution in [-0.2, 0) is 0 Å². The molecule has 1 aliphatic rings. The summed E-state index contributed by atoms with van der Waals surface area (Å²) < 4.78 is 1.73. The summed E-state index contributed by atoms with van der Waals surface area (Å²) >= 11 is 0. The van der Waals surface area contributed by atoms with Gasteiger partial charge in [-0.1, -0.05) is 19.1 Å². The lowest BCUT2D eigenvalue weighted by atomic mass is 9.89. The lowest BCUT2D eigenvalue weighted by Gasteiger charge is -2.29. The van der Waals surface area contributed by atoms with Gasteiger partial charge in [0.05, 0.1) is 0 Å². The van der Waals surface area contributed by atoms with Gasteiger partial charge in [-0.3, -0.25) is 9.36 Å². The zero-order chi connectivity index (χ0) is 17.8. The zero-order valence-electron chi connectivity index (χ0n) is 15.5. The van der Waals surface area contributed by atoms with Crippen molar-refractivity contribution in [2.75, 3.05) is 25.5 Å². The molecule has 1 atom stereocenters. The van der Waals surface area contributed by atoms with Gasteiger partial charge in [0.1, 0.15) is 5.69 Å². The number of nitrogens with zero attached hydrogens (tertiary/aromatic N) is 2. The molecule has 1 N–H and O–H groups in total. The van der Waals surface area contributed by atoms with E-state index in [-0.39, 0.29) is 11.6 Å². The lowest BCUT2D eigenvalue weighted by Crippen LogP contribution is -2.29. The fraction of sp³-hybridized carbons (Fsp3) is 0.476. The number of likely N-dealkylation sites (tertiary alicyclic amines) is 1. The topological polar surface area (TPSA) is 37.3 Å². The standard InChI is InChI=1S/C21H29N3O/c1-4-16(2)22-20-6-5-13-24(21(20)25)19-9-7-17(8-10-19)18-11-14-23(3)15-12-18/h5-10,13,16,18,22H,4,11-12,14-15H2,1-3H3. The van der Waals surface area contributed by atoms with Crippen LogP contribution < -0.4 is 10.9 Å². The van der Waals surface area contributed by atoms with Gasteiger partial charge >= 0.3 is 0 Å². The number of rotatable bonds is 5. The Bertz CT molecular complexity index is 742. The molecule has 1 unspecified atom stereocenters. The molecule has 2 heterocycles. The number of hydrogen-bond donors (Lipinski definition) is 1. The Morgan fingerprint density at radius 3 is 2.48 bits per heavy atom. The van der Waals surface area contributed by atoms with Crippen LogP contribution in [0.1, 0.15) is 44.6 Å². The summed E-state index contributed by atoms with van der Waals surface area (Å²) in [5, 5.41) is 3.30. The molecule has 1 aromatic carbocycles. The van der Waals surface area contributed by atoms with Gasteiger partial charge in [0, 0.05) is 17.9 Å². The van der Waals surface area contributed by atoms with Crippen LogP contribution in [-0.4, -0.2) is 35.6 Å². The maximum Gasteiger partial charge on any atom is 0.278 e. The first-order valence-corrected chi connectivity index (χ1v) is 9.35. The van der Waals surface area contributed by atoms with E-state index in [0.717, 1.165) is 25.2 Å². The third-order valence-electron chi connectivity index (χ3n) is 5.32. The Balaban J connectivity index is 1.80. The van der Waals surface area contributed by atoms with E-state index in [2.05, 4.69) is 55.4 Å². The first kappa shape index (κ1) is 17.7. The summed E-state index contributed by atoms with van der Waals surface area (Å²) in [4.78, 5) is 15.1. The number of anilines is 1. The monoisotopic (exact) mass is 339 g/mol. The minimum absolute atomic E-state index is 0.00911. The summed E-state index contributed by atoms with van der Waals surface area (Å²) in [6.45, 7) is 6.53. The highest BCUT2D eigenvalue weighted by Crippen LogP contribution is 2.27. The van der Waals surface area contributed by atoms with E-state index >= 15 is 0 Å². The highest BCUT2D eigenvalue weighted by atomic mass is 16.1. The molecule has 134 valence electrons. The van der Waals surface area contributed by atoms with E-state index in [1.807, 2.05) is 18.3 Å². The molecule has 4 heteroatoms. The first-order valence-electron chi connectivity index (χ1n) is 9.35. The van der Waals surface area contributed by atoms with Crippen molar-refractivity contribution in [1.29, 1.82) is 0 Å². The Morgan fingerprint density at radius 1 is 1.16 bits per heavy atom. The van der Waals surface area contributed by atoms with E-state index in [1.165, 1.54) is 18.4 Å². The van der Waals surface area contributed by atoms with Crippen LogP contribution in [0.2, 0.25) is 0 Å². The van der Waals surface area contributed by atoms with Crippen molar-refractivity contribution in [3.63, 3.8) is 0 Å². The third kappa shape index (κ3) is 4.13. The van der Waals surface area contributed by atoms with Crippen molar-refractivity contribution in [2.24, 2.45) is 0 Å². The molecule has 0 amide bonds. The normalized spacial score (nSPS) is 17.4. The molecular weight excluding hydrogens is 310 g/mol. The van der Waals surface area contributed by atoms with Crippen LogP contribution in [0.5, 0.6) is 0 Å². The fourth-order valence-electron chi connectivity index (χ4n) is 3.42. The number of pyridine rings is 1. The van der Waals surface area contributed by atoms with Gasteiger partial charge < -0.3 is 10.2 Å². The fourth-order valence-corrected chi connectivity index (χ4v) is 3.42. The first-order chi connectivity index (χ1) is 12.1. The van der Waals surface area contributed by atoms with E-state index < -0.39 is 0 Å². The highest BCUT2D eigenvalue weighted by Gasteiger charge is 2.18. The summed E-state index contributed by atoms with van der Waals surface area (Å²) in [7, 11) is 2.19. The van der Waals surface area contributed by atoms with Crippen LogP contribution in [0.25, 0.3) is 5.69 Å². The zero-order valence-corrected chi connectivity index (χ0v) is 15.5. The molecule has 1 aromatic heterocycles. The molecule has 25 heavy (non-hydrogen) atoms. The number of aromatic nitrogens is 1. The molecule has 4 nitrogen and oxygen atoms in total. The van der Waals surface area contributed by atoms with Crippen molar-refractivity contribution >= 4 is 5.69 Å². The smallest absolute Gasteiger partial charge is 0.278 e. The van der Waals surface area contributed by atoms with Gasteiger partial charge in [0.15, 0.2) is 0 Å². The van der Waals surface area contributed by atoms with Crippen molar-refractivity contribution < 1.29 is 0 Å². The van der Waals surface area contributed by atoms with E-state index in [9.17, 15) is 4.79 Å². The van der Waals surface area contributed by atoms with Gasteiger partial charge in [0.25, 0.3) is 5.56 Å². The van der Waals surface area contributed by atoms with Gasteiger partial charge in [-0.2, -0.15) is 0 Å². The van der Waals surface area contributed by atoms with Crippen molar-refractivity contribution in [3.8, 4) is 5.69 Å². The van der Waals surface area contributed by atoms with E-state index in [1.54, 1.807) is 4.57 Å². The van der Waals surface area contributed by atoms with E-state index in [0.29, 0.717) is 11.6 Å². The van der Waals surface area contributed by atoms with Crippen LogP contribution in [0, 0.1) is 0 Å². The highest BCUT2D eigenvalue weighted by molar-refractivity contribution is 5.45. The second-order valence-corrected chi connectivity index (χ2v) is 7.22. The minimum atomic E-state index is 0.00911. The summed E-state index contributed by atoms with van der Waals surface area (Å²) in [6, 6.07) is 12.6. The van der Waals surface area contributed by atoms with Crippen molar-refractivity contribution in [2.45, 2.75) is 45.1 Å². The molecular formula is C21H29N3O. The molecule has 0 bridgehead atoms. The quantitative estimate of drug-likeness (QED) is 0.899. The van der Waals surface area contributed by atoms with E-state index in [4.69, 9.17) is 0 Å². The summed E-state index contributed by atoms with van der Waals surface area (Å²) in [5.41, 5.74) is 2.99. The Labute approximate surface area is 150 Å². The van der Waals surface area contributed by atoms with Crippen LogP contribution >= 0.6 is 0 Å². The lowest BCUT2D eigenvalue weighted by molar-refractivity contribution is 0.255. The van der Waals surface area contributed by atoms with Crippen molar-refractivity contribution in [3.05, 3.63) is 58.5 Å². The predicted molar refractivity (Wildman–Crippen MR) is 105 cm³/mol. The van der Waals surface area contributed by atoms with Crippen molar-refractivity contribution in [1.82, 2.24) is 9.47 Å². The number of piperidine rings is 1. The average molecular weight is 339 g/mol. The van der Waals surface area contributed by atoms with Crippen LogP contribution in [0.3, 0.4) is 0 Å². The Hall–Kier alpha value is -2.07. The molecule has 1 aliphatic heterocycles. The minimum Gasteiger partial charge on any atom is -0.378 e. The van der Waals surface area contributed by atoms with Gasteiger partial charge in [-0.05, 0) is 82.1 Å². The molecule has 2 aromatic rings. The molecule has 0 spiro atoms. The van der Waals surface area contributed by atoms with Gasteiger partial charge in [-0.15, -0.1) is 0 Å². The third-order valence-corrected chi connectivity index (χ3v) is 5.32. The number of benzene rings is 1. The molecule has 3 rings (SSSR count).